The fourth-order valence-electron chi connectivity index (χ4n) is 1.92. The summed E-state index contributed by atoms with van der Waals surface area (Å²) in [5.41, 5.74) is 3.68. The van der Waals surface area contributed by atoms with E-state index in [1.165, 1.54) is 5.57 Å². The Hall–Kier alpha value is -2.14. The molecule has 2 aromatic rings. The summed E-state index contributed by atoms with van der Waals surface area (Å²) in [6.45, 7) is 3.50. The monoisotopic (exact) mass is 242 g/mol. The molecule has 0 bridgehead atoms. The average Bonchev–Trinajstić information content (AvgIpc) is 2.73. The largest absolute Gasteiger partial charge is 0.322 e. The summed E-state index contributed by atoms with van der Waals surface area (Å²) in [6.07, 6.45) is 1.76. The van der Waals surface area contributed by atoms with Crippen molar-refractivity contribution in [3.05, 3.63) is 35.5 Å². The number of aromatic nitrogens is 2. The lowest BCUT2D eigenvalue weighted by molar-refractivity contribution is -0.112. The van der Waals surface area contributed by atoms with Gasteiger partial charge in [-0.25, -0.2) is 0 Å². The fourth-order valence-corrected chi connectivity index (χ4v) is 1.92. The van der Waals surface area contributed by atoms with E-state index in [2.05, 4.69) is 20.8 Å². The molecule has 0 unspecified atom stereocenters. The van der Waals surface area contributed by atoms with Crippen LogP contribution in [-0.2, 0) is 4.79 Å². The molecule has 1 aromatic heterocycles. The van der Waals surface area contributed by atoms with Gasteiger partial charge in [-0.1, -0.05) is 0 Å². The predicted octanol–water partition coefficient (Wildman–Crippen LogP) is 1.42. The molecule has 1 amide bonds. The molecule has 92 valence electrons. The highest BCUT2D eigenvalue weighted by atomic mass is 16.1. The number of fused-ring (bicyclic) bond motifs is 1. The lowest BCUT2D eigenvalue weighted by Crippen LogP contribution is -2.36. The van der Waals surface area contributed by atoms with Crippen molar-refractivity contribution in [1.29, 1.82) is 0 Å². The second kappa shape index (κ2) is 4.27. The molecule has 3 rings (SSSR count). The topological polar surface area (TPSA) is 69.8 Å². The van der Waals surface area contributed by atoms with Gasteiger partial charge in [0.2, 0.25) is 0 Å². The minimum Gasteiger partial charge on any atom is -0.322 e. The molecule has 1 aliphatic heterocycles. The second-order valence-corrected chi connectivity index (χ2v) is 4.46. The Balaban J connectivity index is 1.81. The highest BCUT2D eigenvalue weighted by molar-refractivity contribution is 6.04. The Labute approximate surface area is 104 Å². The first kappa shape index (κ1) is 11.0. The zero-order chi connectivity index (χ0) is 12.5. The molecule has 0 saturated carbocycles. The van der Waals surface area contributed by atoms with Crippen molar-refractivity contribution >= 4 is 22.5 Å². The quantitative estimate of drug-likeness (QED) is 0.697. The SMILES string of the molecule is CC(C(=O)Nc1ccc2cn[nH]c2c1)=C1CNC1. The maximum atomic E-state index is 12.0. The van der Waals surface area contributed by atoms with E-state index in [-0.39, 0.29) is 5.91 Å². The van der Waals surface area contributed by atoms with Gasteiger partial charge in [0.05, 0.1) is 11.7 Å². The smallest absolute Gasteiger partial charge is 0.251 e. The van der Waals surface area contributed by atoms with Crippen molar-refractivity contribution < 1.29 is 4.79 Å². The van der Waals surface area contributed by atoms with Crippen LogP contribution >= 0.6 is 0 Å². The van der Waals surface area contributed by atoms with E-state index >= 15 is 0 Å². The first-order valence-electron chi connectivity index (χ1n) is 5.88. The van der Waals surface area contributed by atoms with Gasteiger partial charge in [0.25, 0.3) is 5.91 Å². The Morgan fingerprint density at radius 1 is 1.39 bits per heavy atom. The van der Waals surface area contributed by atoms with Crippen LogP contribution in [-0.4, -0.2) is 29.2 Å². The second-order valence-electron chi connectivity index (χ2n) is 4.46. The van der Waals surface area contributed by atoms with Crippen LogP contribution in [0.2, 0.25) is 0 Å². The van der Waals surface area contributed by atoms with Gasteiger partial charge >= 0.3 is 0 Å². The van der Waals surface area contributed by atoms with Crippen molar-refractivity contribution in [2.24, 2.45) is 0 Å². The molecule has 0 radical (unpaired) electrons. The van der Waals surface area contributed by atoms with Crippen LogP contribution in [0.15, 0.2) is 35.5 Å². The third-order valence-electron chi connectivity index (χ3n) is 3.25. The lowest BCUT2D eigenvalue weighted by Gasteiger charge is -2.21. The highest BCUT2D eigenvalue weighted by Gasteiger charge is 2.16. The summed E-state index contributed by atoms with van der Waals surface area (Å²) in [5, 5.41) is 13.9. The maximum absolute atomic E-state index is 12.0. The summed E-state index contributed by atoms with van der Waals surface area (Å²) in [7, 11) is 0. The first-order valence-corrected chi connectivity index (χ1v) is 5.88. The number of anilines is 1. The number of hydrogen-bond donors (Lipinski definition) is 3. The maximum Gasteiger partial charge on any atom is 0.251 e. The Morgan fingerprint density at radius 2 is 2.22 bits per heavy atom. The molecule has 0 atom stereocenters. The Kier molecular flexibility index (Phi) is 2.60. The molecule has 0 aliphatic carbocycles. The molecule has 1 fully saturated rings. The van der Waals surface area contributed by atoms with Crippen molar-refractivity contribution in [3.63, 3.8) is 0 Å². The number of aromatic amines is 1. The fraction of sp³-hybridized carbons (Fsp3) is 0.231. The minimum atomic E-state index is -0.0367. The van der Waals surface area contributed by atoms with Crippen molar-refractivity contribution in [1.82, 2.24) is 15.5 Å². The van der Waals surface area contributed by atoms with E-state index in [0.717, 1.165) is 35.3 Å². The molecule has 0 spiro atoms. The Bertz CT molecular complexity index is 635. The minimum absolute atomic E-state index is 0.0367. The van der Waals surface area contributed by atoms with Crippen LogP contribution in [0.25, 0.3) is 10.9 Å². The van der Waals surface area contributed by atoms with Crippen LogP contribution in [0.5, 0.6) is 0 Å². The molecule has 1 aromatic carbocycles. The van der Waals surface area contributed by atoms with Gasteiger partial charge < -0.3 is 10.6 Å². The molecule has 3 N–H and O–H groups in total. The summed E-state index contributed by atoms with van der Waals surface area (Å²) >= 11 is 0. The summed E-state index contributed by atoms with van der Waals surface area (Å²) in [6, 6.07) is 5.70. The van der Waals surface area contributed by atoms with Crippen molar-refractivity contribution in [3.8, 4) is 0 Å². The molecule has 1 saturated heterocycles. The highest BCUT2D eigenvalue weighted by Crippen LogP contribution is 2.18. The van der Waals surface area contributed by atoms with Gasteiger partial charge in [0.1, 0.15) is 0 Å². The normalized spacial score (nSPS) is 14.4. The van der Waals surface area contributed by atoms with Gasteiger partial charge in [-0.05, 0) is 30.7 Å². The Morgan fingerprint density at radius 3 is 2.94 bits per heavy atom. The first-order chi connectivity index (χ1) is 8.74. The zero-order valence-electron chi connectivity index (χ0n) is 10.1. The number of benzene rings is 1. The van der Waals surface area contributed by atoms with Gasteiger partial charge in [0.15, 0.2) is 0 Å². The third kappa shape index (κ3) is 1.89. The zero-order valence-corrected chi connectivity index (χ0v) is 10.1. The standard InChI is InChI=1S/C13H14N4O/c1-8(10-5-14-6-10)13(18)16-11-3-2-9-7-15-17-12(9)4-11/h2-4,7,14H,5-6H2,1H3,(H,15,17)(H,16,18). The number of H-pyrrole nitrogens is 1. The van der Waals surface area contributed by atoms with Crippen molar-refractivity contribution in [2.75, 3.05) is 18.4 Å². The van der Waals surface area contributed by atoms with E-state index in [0.29, 0.717) is 0 Å². The van der Waals surface area contributed by atoms with Crippen LogP contribution < -0.4 is 10.6 Å². The number of carbonyl (C=O) groups is 1. The average molecular weight is 242 g/mol. The number of rotatable bonds is 2. The lowest BCUT2D eigenvalue weighted by atomic mass is 10.0. The molecular formula is C13H14N4O. The summed E-state index contributed by atoms with van der Waals surface area (Å²) < 4.78 is 0. The number of carbonyl (C=O) groups excluding carboxylic acids is 1. The third-order valence-corrected chi connectivity index (χ3v) is 3.25. The van der Waals surface area contributed by atoms with Gasteiger partial charge in [0, 0.05) is 29.7 Å². The summed E-state index contributed by atoms with van der Waals surface area (Å²) in [4.78, 5) is 12.0. The van der Waals surface area contributed by atoms with Crippen LogP contribution in [0.3, 0.4) is 0 Å². The van der Waals surface area contributed by atoms with E-state index in [9.17, 15) is 4.79 Å². The molecule has 2 heterocycles. The molecule has 5 heteroatoms. The van der Waals surface area contributed by atoms with Crippen LogP contribution in [0.4, 0.5) is 5.69 Å². The van der Waals surface area contributed by atoms with Gasteiger partial charge in [-0.2, -0.15) is 5.10 Å². The van der Waals surface area contributed by atoms with Crippen molar-refractivity contribution in [2.45, 2.75) is 6.92 Å². The molecule has 1 aliphatic rings. The molecular weight excluding hydrogens is 228 g/mol. The molecule has 18 heavy (non-hydrogen) atoms. The predicted molar refractivity (Wildman–Crippen MR) is 70.3 cm³/mol. The number of nitrogens with zero attached hydrogens (tertiary/aromatic N) is 1. The van der Waals surface area contributed by atoms with E-state index in [1.807, 2.05) is 25.1 Å². The number of hydrogen-bond acceptors (Lipinski definition) is 3. The molecule has 5 nitrogen and oxygen atoms in total. The van der Waals surface area contributed by atoms with E-state index in [1.54, 1.807) is 6.20 Å². The summed E-state index contributed by atoms with van der Waals surface area (Å²) in [5.74, 6) is -0.0367. The van der Waals surface area contributed by atoms with Gasteiger partial charge in [-0.3, -0.25) is 9.89 Å². The van der Waals surface area contributed by atoms with Gasteiger partial charge in [-0.15, -0.1) is 0 Å². The van der Waals surface area contributed by atoms with Crippen LogP contribution in [0, 0.1) is 0 Å². The number of nitrogens with one attached hydrogen (secondary N) is 3. The van der Waals surface area contributed by atoms with E-state index in [4.69, 9.17) is 0 Å². The van der Waals surface area contributed by atoms with E-state index < -0.39 is 0 Å². The number of amides is 1. The van der Waals surface area contributed by atoms with Crippen LogP contribution in [0.1, 0.15) is 6.92 Å².